The van der Waals surface area contributed by atoms with E-state index in [0.717, 1.165) is 6.07 Å². The zero-order chi connectivity index (χ0) is 14.6. The SMILES string of the molecule is CCOC(=O)c1c(C#N)cc(CBr)cc1C(F)(F)F. The van der Waals surface area contributed by atoms with E-state index in [2.05, 4.69) is 20.7 Å². The second kappa shape index (κ2) is 6.06. The van der Waals surface area contributed by atoms with Crippen LogP contribution in [0.4, 0.5) is 13.2 Å². The normalized spacial score (nSPS) is 10.9. The first-order chi connectivity index (χ1) is 8.85. The van der Waals surface area contributed by atoms with E-state index < -0.39 is 23.3 Å². The second-order valence-electron chi connectivity index (χ2n) is 3.53. The van der Waals surface area contributed by atoms with Crippen molar-refractivity contribution in [1.82, 2.24) is 0 Å². The molecular weight excluding hydrogens is 327 g/mol. The van der Waals surface area contributed by atoms with Crippen molar-refractivity contribution in [3.63, 3.8) is 0 Å². The first kappa shape index (κ1) is 15.5. The predicted molar refractivity (Wildman–Crippen MR) is 64.7 cm³/mol. The lowest BCUT2D eigenvalue weighted by atomic mass is 9.98. The number of rotatable bonds is 3. The summed E-state index contributed by atoms with van der Waals surface area (Å²) in [5, 5.41) is 9.05. The van der Waals surface area contributed by atoms with E-state index in [1.165, 1.54) is 13.0 Å². The molecule has 0 saturated heterocycles. The lowest BCUT2D eigenvalue weighted by Crippen LogP contribution is -2.17. The smallest absolute Gasteiger partial charge is 0.417 e. The van der Waals surface area contributed by atoms with Crippen molar-refractivity contribution in [1.29, 1.82) is 5.26 Å². The number of hydrogen-bond acceptors (Lipinski definition) is 3. The maximum absolute atomic E-state index is 12.9. The van der Waals surface area contributed by atoms with Gasteiger partial charge in [-0.3, -0.25) is 0 Å². The topological polar surface area (TPSA) is 50.1 Å². The minimum absolute atomic E-state index is 0.0683. The first-order valence-corrected chi connectivity index (χ1v) is 6.34. The Bertz CT molecular complexity index is 535. The number of ether oxygens (including phenoxy) is 1. The minimum atomic E-state index is -4.73. The third-order valence-corrected chi connectivity index (χ3v) is 2.91. The Morgan fingerprint density at radius 3 is 2.53 bits per heavy atom. The lowest BCUT2D eigenvalue weighted by Gasteiger charge is -2.14. The molecule has 0 heterocycles. The molecule has 0 amide bonds. The highest BCUT2D eigenvalue weighted by Crippen LogP contribution is 2.35. The summed E-state index contributed by atoms with van der Waals surface area (Å²) in [7, 11) is 0. The van der Waals surface area contributed by atoms with Crippen molar-refractivity contribution >= 4 is 21.9 Å². The molecule has 0 bridgehead atoms. The van der Waals surface area contributed by atoms with Crippen molar-refractivity contribution in [3.05, 3.63) is 34.4 Å². The molecule has 19 heavy (non-hydrogen) atoms. The highest BCUT2D eigenvalue weighted by Gasteiger charge is 2.37. The third kappa shape index (κ3) is 3.47. The number of esters is 1. The molecule has 0 spiro atoms. The first-order valence-electron chi connectivity index (χ1n) is 5.22. The predicted octanol–water partition coefficient (Wildman–Crippen LogP) is 3.65. The Morgan fingerprint density at radius 1 is 1.47 bits per heavy atom. The maximum atomic E-state index is 12.9. The van der Waals surface area contributed by atoms with Crippen LogP contribution in [0.3, 0.4) is 0 Å². The molecule has 0 N–H and O–H groups in total. The van der Waals surface area contributed by atoms with E-state index >= 15 is 0 Å². The number of nitrogens with zero attached hydrogens (tertiary/aromatic N) is 1. The van der Waals surface area contributed by atoms with Crippen molar-refractivity contribution in [2.45, 2.75) is 18.4 Å². The van der Waals surface area contributed by atoms with E-state index in [9.17, 15) is 18.0 Å². The molecule has 0 aliphatic heterocycles. The molecule has 1 aromatic carbocycles. The fourth-order valence-corrected chi connectivity index (χ4v) is 1.84. The van der Waals surface area contributed by atoms with E-state index in [0.29, 0.717) is 0 Å². The van der Waals surface area contributed by atoms with E-state index in [1.807, 2.05) is 0 Å². The van der Waals surface area contributed by atoms with E-state index in [-0.39, 0.29) is 23.1 Å². The van der Waals surface area contributed by atoms with Gasteiger partial charge in [0.2, 0.25) is 0 Å². The molecular formula is C12H9BrF3NO2. The molecule has 0 atom stereocenters. The number of carbonyl (C=O) groups excluding carboxylic acids is 1. The maximum Gasteiger partial charge on any atom is 0.417 e. The largest absolute Gasteiger partial charge is 0.462 e. The monoisotopic (exact) mass is 335 g/mol. The Hall–Kier alpha value is -1.55. The molecule has 102 valence electrons. The van der Waals surface area contributed by atoms with Crippen LogP contribution in [0, 0.1) is 11.3 Å². The number of benzene rings is 1. The quantitative estimate of drug-likeness (QED) is 0.625. The third-order valence-electron chi connectivity index (χ3n) is 2.26. The van der Waals surface area contributed by atoms with Crippen molar-refractivity contribution in [3.8, 4) is 6.07 Å². The summed E-state index contributed by atoms with van der Waals surface area (Å²) in [6.07, 6.45) is -4.73. The van der Waals surface area contributed by atoms with Gasteiger partial charge in [0.05, 0.1) is 23.3 Å². The van der Waals surface area contributed by atoms with E-state index in [4.69, 9.17) is 5.26 Å². The van der Waals surface area contributed by atoms with Crippen LogP contribution in [0.1, 0.15) is 34.0 Å². The van der Waals surface area contributed by atoms with Crippen LogP contribution in [-0.2, 0) is 16.2 Å². The summed E-state index contributed by atoms with van der Waals surface area (Å²) in [6, 6.07) is 3.67. The summed E-state index contributed by atoms with van der Waals surface area (Å²) >= 11 is 3.02. The standard InChI is InChI=1S/C12H9BrF3NO2/c1-2-19-11(18)10-8(6-17)3-7(5-13)4-9(10)12(14,15)16/h3-4H,2,5H2,1H3. The van der Waals surface area contributed by atoms with Gasteiger partial charge in [-0.15, -0.1) is 0 Å². The number of halogens is 4. The summed E-state index contributed by atoms with van der Waals surface area (Å²) in [5.41, 5.74) is -1.97. The van der Waals surface area contributed by atoms with Gasteiger partial charge in [0.1, 0.15) is 6.07 Å². The number of hydrogen-bond donors (Lipinski definition) is 0. The highest BCUT2D eigenvalue weighted by atomic mass is 79.9. The molecule has 0 aliphatic rings. The van der Waals surface area contributed by atoms with Crippen LogP contribution in [0.2, 0.25) is 0 Å². The van der Waals surface area contributed by atoms with Crippen LogP contribution in [0.15, 0.2) is 12.1 Å². The van der Waals surface area contributed by atoms with Gasteiger partial charge < -0.3 is 4.74 Å². The van der Waals surface area contributed by atoms with E-state index in [1.54, 1.807) is 6.07 Å². The highest BCUT2D eigenvalue weighted by molar-refractivity contribution is 9.08. The molecule has 1 rings (SSSR count). The molecule has 0 radical (unpaired) electrons. The Morgan fingerprint density at radius 2 is 2.11 bits per heavy atom. The Kier molecular flexibility index (Phi) is 4.95. The van der Waals surface area contributed by atoms with Gasteiger partial charge in [0, 0.05) is 5.33 Å². The van der Waals surface area contributed by atoms with Crippen LogP contribution in [-0.4, -0.2) is 12.6 Å². The minimum Gasteiger partial charge on any atom is -0.462 e. The van der Waals surface area contributed by atoms with Crippen LogP contribution >= 0.6 is 15.9 Å². The molecule has 3 nitrogen and oxygen atoms in total. The zero-order valence-corrected chi connectivity index (χ0v) is 11.4. The van der Waals surface area contributed by atoms with Gasteiger partial charge in [-0.2, -0.15) is 18.4 Å². The molecule has 0 fully saturated rings. The number of nitriles is 1. The van der Waals surface area contributed by atoms with Gasteiger partial charge in [-0.05, 0) is 24.6 Å². The van der Waals surface area contributed by atoms with Gasteiger partial charge in [0.15, 0.2) is 0 Å². The van der Waals surface area contributed by atoms with Crippen molar-refractivity contribution < 1.29 is 22.7 Å². The second-order valence-corrected chi connectivity index (χ2v) is 4.09. The summed E-state index contributed by atoms with van der Waals surface area (Å²) in [5.74, 6) is -1.15. The number of carbonyl (C=O) groups is 1. The molecule has 0 saturated carbocycles. The molecule has 0 unspecified atom stereocenters. The van der Waals surface area contributed by atoms with Gasteiger partial charge >= 0.3 is 12.1 Å². The fraction of sp³-hybridized carbons (Fsp3) is 0.333. The summed E-state index contributed by atoms with van der Waals surface area (Å²) in [6.45, 7) is 1.41. The van der Waals surface area contributed by atoms with Gasteiger partial charge in [-0.1, -0.05) is 15.9 Å². The van der Waals surface area contributed by atoms with Crippen molar-refractivity contribution in [2.24, 2.45) is 0 Å². The molecule has 1 aromatic rings. The number of alkyl halides is 4. The van der Waals surface area contributed by atoms with Crippen LogP contribution < -0.4 is 0 Å². The van der Waals surface area contributed by atoms with Crippen LogP contribution in [0.5, 0.6) is 0 Å². The average molecular weight is 336 g/mol. The molecule has 0 aromatic heterocycles. The van der Waals surface area contributed by atoms with Gasteiger partial charge in [0.25, 0.3) is 0 Å². The molecule has 0 aliphatic carbocycles. The Balaban J connectivity index is 3.57. The summed E-state index contributed by atoms with van der Waals surface area (Å²) < 4.78 is 43.4. The molecule has 7 heteroatoms. The van der Waals surface area contributed by atoms with Crippen molar-refractivity contribution in [2.75, 3.05) is 6.61 Å². The average Bonchev–Trinajstić information content (AvgIpc) is 2.36. The fourth-order valence-electron chi connectivity index (χ4n) is 1.51. The Labute approximate surface area is 116 Å². The zero-order valence-electron chi connectivity index (χ0n) is 9.84. The van der Waals surface area contributed by atoms with Gasteiger partial charge in [-0.25, -0.2) is 4.79 Å². The lowest BCUT2D eigenvalue weighted by molar-refractivity contribution is -0.138. The summed E-state index contributed by atoms with van der Waals surface area (Å²) in [4.78, 5) is 11.6. The van der Waals surface area contributed by atoms with Crippen LogP contribution in [0.25, 0.3) is 0 Å².